The number of hydrogen-bond donors (Lipinski definition) is 3. The van der Waals surface area contributed by atoms with Gasteiger partial charge in [0, 0.05) is 75.4 Å². The molecule has 614 valence electrons. The van der Waals surface area contributed by atoms with Gasteiger partial charge < -0.3 is 69.7 Å². The first-order chi connectivity index (χ1) is 51.7. The van der Waals surface area contributed by atoms with Gasteiger partial charge in [-0.2, -0.15) is 13.2 Å². The summed E-state index contributed by atoms with van der Waals surface area (Å²) in [5, 5.41) is 7.86. The summed E-state index contributed by atoms with van der Waals surface area (Å²) in [6.45, 7) is 6.74. The Bertz CT molecular complexity index is 3520. The number of rotatable bonds is 14. The molecule has 7 fully saturated rings. The summed E-state index contributed by atoms with van der Waals surface area (Å²) in [6.07, 6.45) is 0.547. The van der Waals surface area contributed by atoms with Gasteiger partial charge in [-0.3, -0.25) is 62.3 Å². The lowest BCUT2D eigenvalue weighted by Gasteiger charge is -2.45. The lowest BCUT2D eigenvalue weighted by molar-refractivity contribution is -0.166. The minimum atomic E-state index is -4.84. The number of alkyl halides is 5. The highest BCUT2D eigenvalue weighted by Crippen LogP contribution is 2.39. The van der Waals surface area contributed by atoms with Crippen LogP contribution in [0.1, 0.15) is 181 Å². The maximum Gasteiger partial charge on any atom is 0.417 e. The highest BCUT2D eigenvalue weighted by molar-refractivity contribution is 6.31. The molecule has 10 atom stereocenters. The number of likely N-dealkylation sites (tertiary alicyclic amines) is 1. The highest BCUT2D eigenvalue weighted by Gasteiger charge is 2.53. The molecule has 0 radical (unpaired) electrons. The summed E-state index contributed by atoms with van der Waals surface area (Å²) >= 11 is 6.18. The van der Waals surface area contributed by atoms with E-state index in [-0.39, 0.29) is 95.2 Å². The fourth-order valence-corrected chi connectivity index (χ4v) is 17.1. The number of nitrogens with zero attached hydrogens (tertiary/aromatic N) is 10. The Morgan fingerprint density at radius 3 is 1.85 bits per heavy atom. The van der Waals surface area contributed by atoms with Crippen molar-refractivity contribution in [3.05, 3.63) is 34.3 Å². The summed E-state index contributed by atoms with van der Waals surface area (Å²) in [6, 6.07) is -9.37. The zero-order valence-corrected chi connectivity index (χ0v) is 66.7. The van der Waals surface area contributed by atoms with Gasteiger partial charge >= 0.3 is 6.18 Å². The van der Waals surface area contributed by atoms with Crippen molar-refractivity contribution < 1.29 is 89.0 Å². The van der Waals surface area contributed by atoms with Crippen molar-refractivity contribution in [1.29, 1.82) is 0 Å². The summed E-state index contributed by atoms with van der Waals surface area (Å²) in [4.78, 5) is 208. The molecule has 0 aromatic heterocycles. The van der Waals surface area contributed by atoms with E-state index in [1.54, 1.807) is 6.92 Å². The van der Waals surface area contributed by atoms with Crippen molar-refractivity contribution in [2.45, 2.75) is 248 Å². The first-order valence-electron chi connectivity index (χ1n) is 39.2. The molecule has 4 saturated heterocycles. The first-order valence-corrected chi connectivity index (χ1v) is 39.5. The van der Waals surface area contributed by atoms with Gasteiger partial charge in [-0.1, -0.05) is 110 Å². The average molecular weight is 1580 g/mol. The quantitative estimate of drug-likeness (QED) is 0.194. The van der Waals surface area contributed by atoms with E-state index in [0.29, 0.717) is 44.9 Å². The summed E-state index contributed by atoms with van der Waals surface area (Å²) in [5.74, 6) is -14.4. The number of carbonyl (C=O) groups is 13. The van der Waals surface area contributed by atoms with E-state index in [2.05, 4.69) is 16.0 Å². The van der Waals surface area contributed by atoms with Crippen molar-refractivity contribution in [3.8, 4) is 0 Å². The van der Waals surface area contributed by atoms with Crippen LogP contribution in [-0.2, 0) is 79.7 Å². The molecule has 13 amide bonds. The van der Waals surface area contributed by atoms with Gasteiger partial charge in [-0.25, -0.2) is 8.78 Å². The number of halogens is 6. The van der Waals surface area contributed by atoms with Crippen molar-refractivity contribution in [2.24, 2.45) is 23.7 Å². The molecule has 33 heteroatoms. The second-order valence-electron chi connectivity index (χ2n) is 32.3. The van der Waals surface area contributed by atoms with Crippen LogP contribution >= 0.6 is 11.6 Å². The number of ether oxygens (including phenoxy) is 1. The number of aryl methyl sites for hydroxylation is 1. The Labute approximate surface area is 647 Å². The van der Waals surface area contributed by atoms with E-state index in [1.165, 1.54) is 85.7 Å². The standard InChI is InChI=1S/C77H115ClF5N13O14/c1-13-47(4)63-72(107)88(7)48(5)67(102)96-34-31-56(96)70(105)91(10)58(41-49-21-15-14-16-22-49)69(104)87(6)43-60(97)84-54(28-26-50-25-27-52(53(78)40-50)77(81,82)83)68(103)90(9)55(29-30-61(98)95-44-76(79,80)45-95)66(101)86-75(32-19-20-33-75)74(109)93(12)64(51-23-17-18-24-51)73(108)92(11)59(71(106)94-35-37-110-38-36-94)42-62(99)89(8)57(39-46(2)3)65(100)85-63/h25,27,40,46-49,51,54-59,63-64H,13-24,26,28-39,41-45H2,1-12H3,(H,84,97)(H,85,100)(H,86,101)/t47-,48-,54-,55-,56-,57-,58-,59-,63-,64-/m0/s1. The Kier molecular flexibility index (Phi) is 30.1. The molecule has 4 aliphatic heterocycles. The number of nitrogens with one attached hydrogen (secondary N) is 3. The van der Waals surface area contributed by atoms with Crippen LogP contribution in [0.15, 0.2) is 18.2 Å². The lowest BCUT2D eigenvalue weighted by atomic mass is 9.84. The second-order valence-corrected chi connectivity index (χ2v) is 32.7. The minimum Gasteiger partial charge on any atom is -0.378 e. The van der Waals surface area contributed by atoms with Gasteiger partial charge in [0.1, 0.15) is 59.9 Å². The van der Waals surface area contributed by atoms with Crippen LogP contribution in [-0.4, -0.2) is 293 Å². The molecular formula is C77H115ClF5N13O14. The van der Waals surface area contributed by atoms with Crippen LogP contribution < -0.4 is 16.0 Å². The number of amides is 13. The Morgan fingerprint density at radius 1 is 0.655 bits per heavy atom. The maximum atomic E-state index is 15.9. The zero-order valence-electron chi connectivity index (χ0n) is 65.9. The summed E-state index contributed by atoms with van der Waals surface area (Å²) < 4.78 is 76.3. The molecule has 0 unspecified atom stereocenters. The highest BCUT2D eigenvalue weighted by atomic mass is 35.5. The van der Waals surface area contributed by atoms with Crippen LogP contribution in [0, 0.1) is 23.7 Å². The molecule has 7 aliphatic rings. The Hall–Kier alpha value is -7.77. The third-order valence-electron chi connectivity index (χ3n) is 24.1. The van der Waals surface area contributed by atoms with E-state index in [1.807, 2.05) is 20.8 Å². The van der Waals surface area contributed by atoms with E-state index in [0.717, 1.165) is 69.9 Å². The van der Waals surface area contributed by atoms with Gasteiger partial charge in [0.25, 0.3) is 5.92 Å². The Balaban J connectivity index is 1.22. The van der Waals surface area contributed by atoms with Crippen molar-refractivity contribution in [2.75, 3.05) is 102 Å². The number of morpholine rings is 1. The van der Waals surface area contributed by atoms with Crippen LogP contribution in [0.3, 0.4) is 0 Å². The van der Waals surface area contributed by atoms with Crippen LogP contribution in [0.4, 0.5) is 22.0 Å². The molecule has 3 N–H and O–H groups in total. The van der Waals surface area contributed by atoms with E-state index >= 15 is 38.4 Å². The van der Waals surface area contributed by atoms with Crippen LogP contribution in [0.5, 0.6) is 0 Å². The lowest BCUT2D eigenvalue weighted by Crippen LogP contribution is -2.65. The average Bonchev–Trinajstić information content (AvgIpc) is 1.63. The number of benzene rings is 1. The van der Waals surface area contributed by atoms with Gasteiger partial charge in [-0.05, 0) is 112 Å². The van der Waals surface area contributed by atoms with Gasteiger partial charge in [0.15, 0.2) is 0 Å². The fourth-order valence-electron chi connectivity index (χ4n) is 16.7. The third kappa shape index (κ3) is 20.9. The van der Waals surface area contributed by atoms with Gasteiger partial charge in [0.05, 0.1) is 49.9 Å². The number of likely N-dealkylation sites (N-methyl/N-ethyl adjacent to an activating group) is 7. The van der Waals surface area contributed by atoms with E-state index in [9.17, 15) is 45.9 Å². The predicted octanol–water partition coefficient (Wildman–Crippen LogP) is 5.50. The number of carbonyl (C=O) groups excluding carboxylic acids is 13. The molecule has 3 aliphatic carbocycles. The minimum absolute atomic E-state index is 0.00748. The van der Waals surface area contributed by atoms with E-state index < -0.39 is 210 Å². The smallest absolute Gasteiger partial charge is 0.378 e. The van der Waals surface area contributed by atoms with Crippen LogP contribution in [0.25, 0.3) is 0 Å². The van der Waals surface area contributed by atoms with Gasteiger partial charge in [-0.15, -0.1) is 0 Å². The molecule has 27 nitrogen and oxygen atoms in total. The van der Waals surface area contributed by atoms with Crippen molar-refractivity contribution in [1.82, 2.24) is 64.9 Å². The van der Waals surface area contributed by atoms with Gasteiger partial charge in [0.2, 0.25) is 76.8 Å². The molecule has 110 heavy (non-hydrogen) atoms. The SMILES string of the molecule is CC[C@H](C)[C@@H]1NC(=O)[C@H](CC(C)C)N(C)C(=O)C[C@@H](C(=O)N2CCOCC2)N(C)C(=O)[C@H](C2CCCC2)N(C)C(=O)C2(CCCC2)NC(=O)[C@H](CCC(=O)N2CC(F)(F)C2)N(C)C(=O)[C@H](CCc2ccc(C(F)(F)F)c(Cl)c2)NC(=O)CN(C)C(=O)[C@H](CC2CCCCC2)N(C)C(=O)[C@@H]2CCN2C(=O)[C@H](C)N(C)C1=O. The topological polar surface area (TPSA) is 300 Å². The molecule has 0 bridgehead atoms. The van der Waals surface area contributed by atoms with Crippen molar-refractivity contribution in [3.63, 3.8) is 0 Å². The largest absolute Gasteiger partial charge is 0.417 e. The molecule has 3 saturated carbocycles. The molecule has 1 spiro atoms. The molecular weight excluding hydrogens is 1460 g/mol. The number of fused-ring (bicyclic) bond motifs is 1. The summed E-state index contributed by atoms with van der Waals surface area (Å²) in [7, 11) is 9.52. The second kappa shape index (κ2) is 37.7. The zero-order chi connectivity index (χ0) is 81.2. The monoisotopic (exact) mass is 1580 g/mol. The maximum absolute atomic E-state index is 15.9. The predicted molar refractivity (Wildman–Crippen MR) is 396 cm³/mol. The van der Waals surface area contributed by atoms with Crippen molar-refractivity contribution >= 4 is 88.4 Å². The van der Waals surface area contributed by atoms with E-state index in [4.69, 9.17) is 16.3 Å². The fraction of sp³-hybridized carbons (Fsp3) is 0.753. The molecule has 8 rings (SSSR count). The summed E-state index contributed by atoms with van der Waals surface area (Å²) in [5.41, 5.74) is -2.78. The molecule has 4 heterocycles. The first kappa shape index (κ1) is 87.8. The third-order valence-corrected chi connectivity index (χ3v) is 24.5. The Morgan fingerprint density at radius 2 is 1.27 bits per heavy atom. The van der Waals surface area contributed by atoms with Crippen LogP contribution in [0.2, 0.25) is 5.02 Å². The number of hydrogen-bond acceptors (Lipinski definition) is 14. The molecule has 1 aromatic carbocycles. The molecule has 1 aromatic rings. The normalized spacial score (nSPS) is 27.8.